The van der Waals surface area contributed by atoms with Crippen LogP contribution in [0.1, 0.15) is 0 Å². The van der Waals surface area contributed by atoms with Crippen LogP contribution in [0.2, 0.25) is 0 Å². The minimum absolute atomic E-state index is 0.225. The number of hydrogen-bond acceptors (Lipinski definition) is 3. The number of nitrogens with one attached hydrogen (secondary N) is 2. The zero-order valence-corrected chi connectivity index (χ0v) is 5.26. The fraction of sp³-hybridized carbons (Fsp3) is 1.00. The largest absolute Gasteiger partial charge is 0.609 e. The van der Waals surface area contributed by atoms with Gasteiger partial charge in [0.2, 0.25) is 0 Å². The highest BCUT2D eigenvalue weighted by Crippen LogP contribution is 1.37. The summed E-state index contributed by atoms with van der Waals surface area (Å²) in [7, 11) is 4.15. The van der Waals surface area contributed by atoms with Gasteiger partial charge in [0.1, 0.15) is 0 Å². The Kier molecular flexibility index (Phi) is 2.88. The minimum Gasteiger partial charge on any atom is -0.609 e. The standard InChI is InChI=1S/C3H11N3O2/c1-4(5(2)7)6(3)8/h5-6H,1-3H3. The lowest BCUT2D eigenvalue weighted by Gasteiger charge is -2.31. The van der Waals surface area contributed by atoms with Crippen molar-refractivity contribution < 1.29 is 10.3 Å². The predicted octanol–water partition coefficient (Wildman–Crippen LogP) is -3.23. The molecule has 0 saturated carbocycles. The van der Waals surface area contributed by atoms with Crippen LogP contribution in [0.3, 0.4) is 0 Å². The van der Waals surface area contributed by atoms with Gasteiger partial charge in [-0.05, 0) is 5.12 Å². The summed E-state index contributed by atoms with van der Waals surface area (Å²) in [6.45, 7) is 0. The molecule has 0 aromatic heterocycles. The summed E-state index contributed by atoms with van der Waals surface area (Å²) in [6.07, 6.45) is 0. The average Bonchev–Trinajstić information content (AvgIpc) is 1.64. The lowest BCUT2D eigenvalue weighted by Crippen LogP contribution is -3.32. The van der Waals surface area contributed by atoms with Gasteiger partial charge in [-0.2, -0.15) is 0 Å². The Bertz CT molecular complexity index is 57.5. The van der Waals surface area contributed by atoms with Gasteiger partial charge in [0.05, 0.1) is 21.1 Å². The second-order valence-corrected chi connectivity index (χ2v) is 1.60. The van der Waals surface area contributed by atoms with Gasteiger partial charge < -0.3 is 10.4 Å². The van der Waals surface area contributed by atoms with Gasteiger partial charge in [-0.15, -0.1) is 0 Å². The maximum Gasteiger partial charge on any atom is 0.0907 e. The summed E-state index contributed by atoms with van der Waals surface area (Å²) >= 11 is 0. The van der Waals surface area contributed by atoms with Gasteiger partial charge in [0.15, 0.2) is 0 Å². The molecule has 0 aromatic carbocycles. The first-order valence-corrected chi connectivity index (χ1v) is 2.30. The van der Waals surface area contributed by atoms with E-state index in [9.17, 15) is 10.4 Å². The van der Waals surface area contributed by atoms with Gasteiger partial charge in [0, 0.05) is 0 Å². The predicted molar refractivity (Wildman–Crippen MR) is 28.3 cm³/mol. The number of hydrogen-bond donors (Lipinski definition) is 2. The normalized spacial score (nSPS) is 18.8. The quantitative estimate of drug-likeness (QED) is 0.378. The van der Waals surface area contributed by atoms with E-state index in [0.717, 1.165) is 5.12 Å². The van der Waals surface area contributed by atoms with Crippen LogP contribution in [0.25, 0.3) is 0 Å². The van der Waals surface area contributed by atoms with Crippen molar-refractivity contribution >= 4 is 0 Å². The van der Waals surface area contributed by atoms with E-state index in [4.69, 9.17) is 0 Å². The van der Waals surface area contributed by atoms with E-state index in [-0.39, 0.29) is 10.3 Å². The van der Waals surface area contributed by atoms with Crippen LogP contribution in [0.5, 0.6) is 0 Å². The highest BCUT2D eigenvalue weighted by Gasteiger charge is 2.01. The van der Waals surface area contributed by atoms with Crippen LogP contribution in [0.15, 0.2) is 0 Å². The van der Waals surface area contributed by atoms with Gasteiger partial charge in [-0.1, -0.05) is 0 Å². The number of rotatable bonds is 2. The molecule has 2 atom stereocenters. The van der Waals surface area contributed by atoms with E-state index >= 15 is 0 Å². The van der Waals surface area contributed by atoms with Crippen molar-refractivity contribution in [2.24, 2.45) is 0 Å². The van der Waals surface area contributed by atoms with Crippen molar-refractivity contribution in [2.45, 2.75) is 0 Å². The molecule has 50 valence electrons. The Morgan fingerprint density at radius 1 is 1.12 bits per heavy atom. The SMILES string of the molecule is CN([NH+](C)[O-])[NH+](C)[O-]. The zero-order valence-electron chi connectivity index (χ0n) is 5.26. The van der Waals surface area contributed by atoms with E-state index in [0.29, 0.717) is 0 Å². The van der Waals surface area contributed by atoms with Gasteiger partial charge in [-0.3, -0.25) is 0 Å². The Morgan fingerprint density at radius 2 is 1.38 bits per heavy atom. The van der Waals surface area contributed by atoms with E-state index < -0.39 is 0 Å². The molecule has 0 spiro atoms. The molecule has 0 aliphatic rings. The highest BCUT2D eigenvalue weighted by molar-refractivity contribution is 3.98. The molecule has 0 aromatic rings. The van der Waals surface area contributed by atoms with E-state index in [1.54, 1.807) is 0 Å². The van der Waals surface area contributed by atoms with Crippen molar-refractivity contribution in [1.29, 1.82) is 0 Å². The number of nitrogens with zero attached hydrogens (tertiary/aromatic N) is 1. The summed E-state index contributed by atoms with van der Waals surface area (Å²) in [4.78, 5) is 0. The molecule has 0 rings (SSSR count). The fourth-order valence-corrected chi connectivity index (χ4v) is 0.222. The topological polar surface area (TPSA) is 58.2 Å². The zero-order chi connectivity index (χ0) is 6.73. The summed E-state index contributed by atoms with van der Waals surface area (Å²) in [5.41, 5.74) is 0. The summed E-state index contributed by atoms with van der Waals surface area (Å²) in [6, 6.07) is 0. The molecule has 0 heterocycles. The van der Waals surface area contributed by atoms with Gasteiger partial charge in [-0.25, -0.2) is 10.3 Å². The molecule has 0 bridgehead atoms. The number of hydroxylamine groups is 2. The Balaban J connectivity index is 3.46. The molecule has 5 nitrogen and oxygen atoms in total. The van der Waals surface area contributed by atoms with Crippen LogP contribution in [0, 0.1) is 10.4 Å². The van der Waals surface area contributed by atoms with Crippen LogP contribution < -0.4 is 10.3 Å². The molecular weight excluding hydrogens is 110 g/mol. The molecule has 0 amide bonds. The van der Waals surface area contributed by atoms with Crippen molar-refractivity contribution in [2.75, 3.05) is 21.1 Å². The molecule has 0 fully saturated rings. The third kappa shape index (κ3) is 2.20. The minimum atomic E-state index is -0.225. The van der Waals surface area contributed by atoms with Crippen molar-refractivity contribution in [3.05, 3.63) is 10.4 Å². The van der Waals surface area contributed by atoms with E-state index in [1.165, 1.54) is 21.1 Å². The lowest BCUT2D eigenvalue weighted by molar-refractivity contribution is -1.19. The second kappa shape index (κ2) is 2.95. The van der Waals surface area contributed by atoms with Crippen LogP contribution >= 0.6 is 0 Å². The first kappa shape index (κ1) is 7.80. The van der Waals surface area contributed by atoms with Gasteiger partial charge in [0.25, 0.3) is 0 Å². The van der Waals surface area contributed by atoms with E-state index in [1.807, 2.05) is 0 Å². The average molecular weight is 121 g/mol. The Morgan fingerprint density at radius 3 is 1.38 bits per heavy atom. The third-order valence-electron chi connectivity index (χ3n) is 0.945. The smallest absolute Gasteiger partial charge is 0.0907 e. The molecule has 5 heteroatoms. The van der Waals surface area contributed by atoms with Crippen molar-refractivity contribution in [1.82, 2.24) is 5.12 Å². The molecule has 8 heavy (non-hydrogen) atoms. The summed E-state index contributed by atoms with van der Waals surface area (Å²) in [5, 5.41) is 21.2. The molecular formula is C3H11N3O2. The Labute approximate surface area is 48.2 Å². The first-order chi connectivity index (χ1) is 3.55. The van der Waals surface area contributed by atoms with Crippen LogP contribution in [0.4, 0.5) is 0 Å². The summed E-state index contributed by atoms with van der Waals surface area (Å²) < 4.78 is 0. The molecule has 2 N–H and O–H groups in total. The number of quaternary nitrogens is 2. The summed E-state index contributed by atoms with van der Waals surface area (Å²) in [5.74, 6) is 0. The molecule has 0 radical (unpaired) electrons. The van der Waals surface area contributed by atoms with Gasteiger partial charge >= 0.3 is 0 Å². The first-order valence-electron chi connectivity index (χ1n) is 2.30. The fourth-order valence-electron chi connectivity index (χ4n) is 0.222. The van der Waals surface area contributed by atoms with Crippen LogP contribution in [-0.4, -0.2) is 26.3 Å². The molecule has 0 aliphatic carbocycles. The monoisotopic (exact) mass is 121 g/mol. The molecule has 0 saturated heterocycles. The van der Waals surface area contributed by atoms with Crippen molar-refractivity contribution in [3.8, 4) is 0 Å². The maximum absolute atomic E-state index is 10.3. The second-order valence-electron chi connectivity index (χ2n) is 1.60. The Hall–Kier alpha value is -0.200. The van der Waals surface area contributed by atoms with Crippen LogP contribution in [-0.2, 0) is 0 Å². The third-order valence-corrected chi connectivity index (χ3v) is 0.945. The van der Waals surface area contributed by atoms with Crippen molar-refractivity contribution in [3.63, 3.8) is 0 Å². The van der Waals surface area contributed by atoms with E-state index in [2.05, 4.69) is 0 Å². The maximum atomic E-state index is 10.3. The molecule has 2 unspecified atom stereocenters. The molecule has 0 aliphatic heterocycles. The highest BCUT2D eigenvalue weighted by atomic mass is 16.6. The lowest BCUT2D eigenvalue weighted by atomic mass is 11.2.